The zero-order valence-corrected chi connectivity index (χ0v) is 18.3. The molecule has 0 aliphatic rings. The molecule has 31 heavy (non-hydrogen) atoms. The second kappa shape index (κ2) is 9.51. The predicted molar refractivity (Wildman–Crippen MR) is 121 cm³/mol. The molecule has 0 aliphatic carbocycles. The van der Waals surface area contributed by atoms with Crippen molar-refractivity contribution in [2.24, 2.45) is 0 Å². The summed E-state index contributed by atoms with van der Waals surface area (Å²) in [7, 11) is 2.93. The molecule has 0 fully saturated rings. The third-order valence-corrected chi connectivity index (χ3v) is 5.28. The van der Waals surface area contributed by atoms with Gasteiger partial charge in [-0.2, -0.15) is 0 Å². The van der Waals surface area contributed by atoms with Crippen LogP contribution >= 0.6 is 0 Å². The second-order valence-electron chi connectivity index (χ2n) is 7.46. The van der Waals surface area contributed by atoms with Crippen LogP contribution in [0.15, 0.2) is 48.2 Å². The molecule has 0 aliphatic heterocycles. The minimum Gasteiger partial charge on any atom is -0.496 e. The van der Waals surface area contributed by atoms with Gasteiger partial charge in [0.1, 0.15) is 5.75 Å². The zero-order valence-electron chi connectivity index (χ0n) is 18.3. The van der Waals surface area contributed by atoms with Crippen LogP contribution in [0.1, 0.15) is 47.3 Å². The van der Waals surface area contributed by atoms with E-state index in [-0.39, 0.29) is 5.57 Å². The van der Waals surface area contributed by atoms with E-state index in [1.165, 1.54) is 12.7 Å². The number of aliphatic carboxylic acids is 1. The molecule has 0 saturated carbocycles. The van der Waals surface area contributed by atoms with Crippen molar-refractivity contribution in [2.75, 3.05) is 14.2 Å². The standard InChI is InChI=1S/C25H27NO5/c1-5-6-19-14-26(15-20-9-8-18(25(29)31-4)13-23(20)30-3)22-12-17(7-10-21(19)22)11-16(2)24(27)28/h7-14H,5-6,15H2,1-4H3,(H,27,28)/b16-11-. The summed E-state index contributed by atoms with van der Waals surface area (Å²) in [6.45, 7) is 4.28. The summed E-state index contributed by atoms with van der Waals surface area (Å²) >= 11 is 0. The van der Waals surface area contributed by atoms with Gasteiger partial charge in [-0.3, -0.25) is 0 Å². The monoisotopic (exact) mass is 421 g/mol. The van der Waals surface area contributed by atoms with E-state index in [9.17, 15) is 14.7 Å². The Kier molecular flexibility index (Phi) is 6.80. The number of methoxy groups -OCH3 is 2. The Bertz CT molecular complexity index is 1160. The summed E-state index contributed by atoms with van der Waals surface area (Å²) in [5.74, 6) is -0.733. The number of aryl methyl sites for hydroxylation is 1. The molecule has 0 atom stereocenters. The van der Waals surface area contributed by atoms with E-state index in [0.717, 1.165) is 34.9 Å². The first kappa shape index (κ1) is 22.2. The van der Waals surface area contributed by atoms with E-state index in [0.29, 0.717) is 17.9 Å². The summed E-state index contributed by atoms with van der Waals surface area (Å²) in [4.78, 5) is 23.1. The Balaban J connectivity index is 2.07. The predicted octanol–water partition coefficient (Wildman–Crippen LogP) is 4.93. The summed E-state index contributed by atoms with van der Waals surface area (Å²) < 4.78 is 12.5. The number of aromatic nitrogens is 1. The van der Waals surface area contributed by atoms with Crippen molar-refractivity contribution < 1.29 is 24.2 Å². The lowest BCUT2D eigenvalue weighted by Gasteiger charge is -2.12. The molecule has 1 aromatic heterocycles. The number of benzene rings is 2. The number of carbonyl (C=O) groups is 2. The fourth-order valence-corrected chi connectivity index (χ4v) is 3.69. The fourth-order valence-electron chi connectivity index (χ4n) is 3.69. The zero-order chi connectivity index (χ0) is 22.5. The van der Waals surface area contributed by atoms with Crippen molar-refractivity contribution in [3.8, 4) is 5.75 Å². The molecule has 6 nitrogen and oxygen atoms in total. The summed E-state index contributed by atoms with van der Waals surface area (Å²) in [6, 6.07) is 11.3. The van der Waals surface area contributed by atoms with Crippen molar-refractivity contribution in [2.45, 2.75) is 33.2 Å². The highest BCUT2D eigenvalue weighted by atomic mass is 16.5. The van der Waals surface area contributed by atoms with E-state index in [2.05, 4.69) is 23.8 Å². The molecule has 6 heteroatoms. The average Bonchev–Trinajstić information content (AvgIpc) is 3.10. The number of carboxylic acids is 1. The molecule has 3 rings (SSSR count). The molecule has 0 bridgehead atoms. The molecule has 1 N–H and O–H groups in total. The highest BCUT2D eigenvalue weighted by Crippen LogP contribution is 2.28. The van der Waals surface area contributed by atoms with Crippen LogP contribution in [0.3, 0.4) is 0 Å². The number of hydrogen-bond acceptors (Lipinski definition) is 4. The van der Waals surface area contributed by atoms with Gasteiger partial charge in [-0.1, -0.05) is 31.5 Å². The summed E-state index contributed by atoms with van der Waals surface area (Å²) in [5, 5.41) is 10.3. The lowest BCUT2D eigenvalue weighted by Crippen LogP contribution is -2.05. The van der Waals surface area contributed by atoms with Gasteiger partial charge in [0, 0.05) is 28.2 Å². The Morgan fingerprint density at radius 3 is 2.52 bits per heavy atom. The SMILES string of the molecule is CCCc1cn(Cc2ccc(C(=O)OC)cc2OC)c2cc(/C=C(/C)C(=O)O)ccc12. The van der Waals surface area contributed by atoms with Gasteiger partial charge in [-0.25, -0.2) is 9.59 Å². The van der Waals surface area contributed by atoms with Gasteiger partial charge in [0.05, 0.1) is 26.3 Å². The van der Waals surface area contributed by atoms with Crippen molar-refractivity contribution in [1.82, 2.24) is 4.57 Å². The first-order valence-electron chi connectivity index (χ1n) is 10.2. The van der Waals surface area contributed by atoms with Gasteiger partial charge in [0.25, 0.3) is 0 Å². The van der Waals surface area contributed by atoms with Crippen molar-refractivity contribution in [3.05, 3.63) is 70.4 Å². The highest BCUT2D eigenvalue weighted by molar-refractivity contribution is 5.93. The quantitative estimate of drug-likeness (QED) is 0.412. The normalized spacial score (nSPS) is 11.5. The maximum atomic E-state index is 11.8. The van der Waals surface area contributed by atoms with Crippen LogP contribution in [0, 0.1) is 0 Å². The van der Waals surface area contributed by atoms with E-state index in [1.54, 1.807) is 32.2 Å². The van der Waals surface area contributed by atoms with Crippen LogP contribution < -0.4 is 4.74 Å². The van der Waals surface area contributed by atoms with Gasteiger partial charge in [-0.15, -0.1) is 0 Å². The first-order chi connectivity index (χ1) is 14.9. The molecule has 0 radical (unpaired) electrons. The third kappa shape index (κ3) is 4.79. The van der Waals surface area contributed by atoms with Crippen molar-refractivity contribution in [1.29, 1.82) is 0 Å². The van der Waals surface area contributed by atoms with Gasteiger partial charge in [0.2, 0.25) is 0 Å². The number of carbonyl (C=O) groups excluding carboxylic acids is 1. The van der Waals surface area contributed by atoms with Crippen LogP contribution in [0.4, 0.5) is 0 Å². The third-order valence-electron chi connectivity index (χ3n) is 5.28. The minimum absolute atomic E-state index is 0.284. The Labute approximate surface area is 181 Å². The van der Waals surface area contributed by atoms with Gasteiger partial charge in [-0.05, 0) is 48.7 Å². The minimum atomic E-state index is -0.933. The molecule has 162 valence electrons. The summed E-state index contributed by atoms with van der Waals surface area (Å²) in [6.07, 6.45) is 5.78. The number of ether oxygens (including phenoxy) is 2. The topological polar surface area (TPSA) is 77.8 Å². The number of esters is 1. The fraction of sp³-hybridized carbons (Fsp3) is 0.280. The highest BCUT2D eigenvalue weighted by Gasteiger charge is 2.14. The largest absolute Gasteiger partial charge is 0.496 e. The second-order valence-corrected chi connectivity index (χ2v) is 7.46. The number of fused-ring (bicyclic) bond motifs is 1. The van der Waals surface area contributed by atoms with Gasteiger partial charge < -0.3 is 19.1 Å². The van der Waals surface area contributed by atoms with Crippen LogP contribution in [-0.2, 0) is 22.5 Å². The van der Waals surface area contributed by atoms with Crippen LogP contribution in [-0.4, -0.2) is 35.8 Å². The maximum Gasteiger partial charge on any atom is 0.337 e. The summed E-state index contributed by atoms with van der Waals surface area (Å²) in [5.41, 5.74) is 4.75. The van der Waals surface area contributed by atoms with E-state index in [1.807, 2.05) is 18.2 Å². The van der Waals surface area contributed by atoms with Gasteiger partial charge in [0.15, 0.2) is 0 Å². The maximum absolute atomic E-state index is 11.8. The van der Waals surface area contributed by atoms with Crippen LogP contribution in [0.25, 0.3) is 17.0 Å². The number of nitrogens with zero attached hydrogens (tertiary/aromatic N) is 1. The molecule has 0 amide bonds. The average molecular weight is 421 g/mol. The Morgan fingerprint density at radius 1 is 1.10 bits per heavy atom. The number of hydrogen-bond donors (Lipinski definition) is 1. The van der Waals surface area contributed by atoms with Crippen LogP contribution in [0.5, 0.6) is 5.75 Å². The molecular formula is C25H27NO5. The number of carboxylic acid groups (broad SMARTS) is 1. The molecule has 1 heterocycles. The first-order valence-corrected chi connectivity index (χ1v) is 10.2. The molecule has 2 aromatic carbocycles. The van der Waals surface area contributed by atoms with E-state index in [4.69, 9.17) is 9.47 Å². The van der Waals surface area contributed by atoms with Crippen molar-refractivity contribution in [3.63, 3.8) is 0 Å². The van der Waals surface area contributed by atoms with Crippen LogP contribution in [0.2, 0.25) is 0 Å². The molecule has 3 aromatic rings. The van der Waals surface area contributed by atoms with Crippen molar-refractivity contribution >= 4 is 28.9 Å². The molecular weight excluding hydrogens is 394 g/mol. The Hall–Kier alpha value is -3.54. The Morgan fingerprint density at radius 2 is 1.87 bits per heavy atom. The van der Waals surface area contributed by atoms with E-state index >= 15 is 0 Å². The molecule has 0 saturated heterocycles. The lowest BCUT2D eigenvalue weighted by atomic mass is 10.1. The molecule has 0 unspecified atom stereocenters. The molecule has 0 spiro atoms. The smallest absolute Gasteiger partial charge is 0.337 e. The lowest BCUT2D eigenvalue weighted by molar-refractivity contribution is -0.132. The van der Waals surface area contributed by atoms with Gasteiger partial charge >= 0.3 is 11.9 Å². The number of rotatable bonds is 8. The van der Waals surface area contributed by atoms with E-state index < -0.39 is 11.9 Å².